The quantitative estimate of drug-likeness (QED) is 0.804. The normalized spacial score (nSPS) is 22.5. The third kappa shape index (κ3) is 5.37. The maximum Gasteiger partial charge on any atom is 0.173 e. The molecule has 1 heterocycles. The van der Waals surface area contributed by atoms with E-state index in [1.54, 1.807) is 0 Å². The summed E-state index contributed by atoms with van der Waals surface area (Å²) in [7, 11) is 0. The molecular weight excluding hydrogens is 342 g/mol. The number of carbonyl (C=O) groups excluding carboxylic acids is 1. The summed E-state index contributed by atoms with van der Waals surface area (Å²) in [5.74, 6) is 0.936. The van der Waals surface area contributed by atoms with E-state index in [-0.39, 0.29) is 5.41 Å². The molecule has 1 saturated carbocycles. The molecule has 26 heavy (non-hydrogen) atoms. The fourth-order valence-electron chi connectivity index (χ4n) is 3.91. The predicted molar refractivity (Wildman–Crippen MR) is 112 cm³/mol. The van der Waals surface area contributed by atoms with Crippen molar-refractivity contribution in [2.24, 2.45) is 16.3 Å². The lowest BCUT2D eigenvalue weighted by Crippen LogP contribution is -2.41. The number of ketones is 1. The summed E-state index contributed by atoms with van der Waals surface area (Å²) in [5, 5.41) is 4.12. The largest absolute Gasteiger partial charge is 0.349 e. The number of hydrogen-bond acceptors (Lipinski definition) is 3. The molecule has 1 saturated heterocycles. The van der Waals surface area contributed by atoms with E-state index in [1.165, 1.54) is 0 Å². The average Bonchev–Trinajstić information content (AvgIpc) is 2.59. The van der Waals surface area contributed by atoms with Crippen molar-refractivity contribution in [2.75, 3.05) is 25.0 Å². The van der Waals surface area contributed by atoms with Crippen LogP contribution in [0.3, 0.4) is 0 Å². The van der Waals surface area contributed by atoms with Crippen LogP contribution in [0, 0.1) is 11.3 Å². The van der Waals surface area contributed by atoms with Crippen LogP contribution < -0.4 is 5.32 Å². The molecule has 1 aliphatic carbocycles. The molecule has 1 aliphatic heterocycles. The van der Waals surface area contributed by atoms with Crippen molar-refractivity contribution in [2.45, 2.75) is 46.0 Å². The van der Waals surface area contributed by atoms with Crippen LogP contribution in [0.2, 0.25) is 0 Å². The summed E-state index contributed by atoms with van der Waals surface area (Å²) < 4.78 is 0. The lowest BCUT2D eigenvalue weighted by Gasteiger charge is -2.34. The fraction of sp³-hybridized carbons (Fsp3) is 0.571. The Bertz CT molecular complexity index is 676. The number of thiocarbonyl (C=S) groups is 1. The van der Waals surface area contributed by atoms with Gasteiger partial charge in [-0.05, 0) is 54.9 Å². The molecule has 4 nitrogen and oxygen atoms in total. The van der Waals surface area contributed by atoms with E-state index in [9.17, 15) is 4.79 Å². The van der Waals surface area contributed by atoms with Gasteiger partial charge in [0.05, 0.1) is 0 Å². The first kappa shape index (κ1) is 19.0. The summed E-state index contributed by atoms with van der Waals surface area (Å²) in [6.45, 7) is 7.13. The highest BCUT2D eigenvalue weighted by Gasteiger charge is 2.30. The Morgan fingerprint density at radius 3 is 2.58 bits per heavy atom. The molecule has 0 atom stereocenters. The van der Waals surface area contributed by atoms with Crippen molar-refractivity contribution in [3.63, 3.8) is 0 Å². The molecule has 0 bridgehead atoms. The van der Waals surface area contributed by atoms with Gasteiger partial charge < -0.3 is 10.2 Å². The van der Waals surface area contributed by atoms with Gasteiger partial charge in [-0.1, -0.05) is 32.0 Å². The number of likely N-dealkylation sites (tertiary alicyclic amines) is 1. The molecule has 0 radical (unpaired) electrons. The van der Waals surface area contributed by atoms with Crippen LogP contribution in [0.4, 0.5) is 5.69 Å². The third-order valence-corrected chi connectivity index (χ3v) is 5.62. The Morgan fingerprint density at radius 1 is 1.23 bits per heavy atom. The van der Waals surface area contributed by atoms with Crippen molar-refractivity contribution in [3.05, 3.63) is 30.3 Å². The molecule has 0 amide bonds. The molecule has 1 aromatic rings. The van der Waals surface area contributed by atoms with Crippen molar-refractivity contribution < 1.29 is 4.79 Å². The number of nitrogens with one attached hydrogen (secondary N) is 1. The zero-order valence-electron chi connectivity index (χ0n) is 15.8. The molecule has 1 N–H and O–H groups in total. The zero-order chi connectivity index (χ0) is 18.6. The maximum atomic E-state index is 11.9. The van der Waals surface area contributed by atoms with Gasteiger partial charge >= 0.3 is 0 Å². The van der Waals surface area contributed by atoms with Crippen LogP contribution in [0.5, 0.6) is 0 Å². The number of rotatable bonds is 3. The summed E-state index contributed by atoms with van der Waals surface area (Å²) >= 11 is 5.55. The molecule has 1 aromatic carbocycles. The topological polar surface area (TPSA) is 44.7 Å². The third-order valence-electron chi connectivity index (χ3n) is 5.26. The van der Waals surface area contributed by atoms with E-state index in [1.807, 2.05) is 30.3 Å². The predicted octanol–water partition coefficient (Wildman–Crippen LogP) is 4.32. The number of nitrogens with zero attached hydrogens (tertiary/aromatic N) is 2. The van der Waals surface area contributed by atoms with Crippen molar-refractivity contribution >= 4 is 34.5 Å². The molecule has 5 heteroatoms. The molecule has 2 fully saturated rings. The van der Waals surface area contributed by atoms with Crippen molar-refractivity contribution in [3.8, 4) is 0 Å². The highest BCUT2D eigenvalue weighted by molar-refractivity contribution is 7.80. The zero-order valence-corrected chi connectivity index (χ0v) is 16.6. The van der Waals surface area contributed by atoms with Crippen LogP contribution in [0.25, 0.3) is 0 Å². The Hall–Kier alpha value is -1.75. The standard InChI is InChI=1S/C21H29N3OS/c1-21(2)13-18(12-19(25)14-21)22-15-16-8-10-24(11-9-16)20(26)23-17-6-4-3-5-7-17/h3-7,16H,8-15H2,1-2H3,(H,23,26). The van der Waals surface area contributed by atoms with Crippen molar-refractivity contribution in [1.82, 2.24) is 4.90 Å². The monoisotopic (exact) mass is 371 g/mol. The summed E-state index contributed by atoms with van der Waals surface area (Å²) in [6, 6.07) is 10.1. The number of anilines is 1. The Balaban J connectivity index is 1.46. The molecule has 0 unspecified atom stereocenters. The van der Waals surface area contributed by atoms with E-state index in [0.717, 1.165) is 55.4 Å². The number of carbonyl (C=O) groups is 1. The number of aliphatic imine (C=N–C) groups is 1. The number of hydrogen-bond donors (Lipinski definition) is 1. The SMILES string of the molecule is CC1(C)CC(=O)CC(=NCC2CCN(C(=S)Nc3ccccc3)CC2)C1. The molecule has 3 rings (SSSR count). The van der Waals surface area contributed by atoms with Gasteiger partial charge in [0.2, 0.25) is 0 Å². The van der Waals surface area contributed by atoms with E-state index < -0.39 is 0 Å². The van der Waals surface area contributed by atoms with Gasteiger partial charge in [0, 0.05) is 43.9 Å². The van der Waals surface area contributed by atoms with E-state index in [0.29, 0.717) is 24.5 Å². The lowest BCUT2D eigenvalue weighted by molar-refractivity contribution is -0.120. The minimum atomic E-state index is 0.0762. The first-order valence-corrected chi connectivity index (χ1v) is 9.97. The van der Waals surface area contributed by atoms with Crippen LogP contribution >= 0.6 is 12.2 Å². The summed E-state index contributed by atoms with van der Waals surface area (Å²) in [6.07, 6.45) is 4.42. The average molecular weight is 372 g/mol. The molecule has 140 valence electrons. The van der Waals surface area contributed by atoms with Gasteiger partial charge in [-0.3, -0.25) is 9.79 Å². The number of Topliss-reactive ketones (excluding diaryl/α,β-unsaturated/α-hetero) is 1. The van der Waals surface area contributed by atoms with E-state index in [4.69, 9.17) is 17.2 Å². The van der Waals surface area contributed by atoms with Gasteiger partial charge in [0.15, 0.2) is 5.11 Å². The second kappa shape index (κ2) is 8.30. The number of benzene rings is 1. The first-order valence-electron chi connectivity index (χ1n) is 9.56. The lowest BCUT2D eigenvalue weighted by atomic mass is 9.76. The Kier molecular flexibility index (Phi) is 6.07. The highest BCUT2D eigenvalue weighted by Crippen LogP contribution is 2.32. The van der Waals surface area contributed by atoms with Crippen molar-refractivity contribution in [1.29, 1.82) is 0 Å². The summed E-state index contributed by atoms with van der Waals surface area (Å²) in [4.78, 5) is 19.0. The van der Waals surface area contributed by atoms with Gasteiger partial charge in [-0.15, -0.1) is 0 Å². The first-order chi connectivity index (χ1) is 12.4. The second-order valence-corrected chi connectivity index (χ2v) is 8.75. The highest BCUT2D eigenvalue weighted by atomic mass is 32.1. The van der Waals surface area contributed by atoms with E-state index in [2.05, 4.69) is 24.1 Å². The van der Waals surface area contributed by atoms with Gasteiger partial charge in [-0.2, -0.15) is 0 Å². The fourth-order valence-corrected chi connectivity index (χ4v) is 4.21. The van der Waals surface area contributed by atoms with Crippen LogP contribution in [-0.2, 0) is 4.79 Å². The van der Waals surface area contributed by atoms with Gasteiger partial charge in [-0.25, -0.2) is 0 Å². The minimum Gasteiger partial charge on any atom is -0.349 e. The Labute approximate surface area is 162 Å². The maximum absolute atomic E-state index is 11.9. The number of piperidine rings is 1. The van der Waals surface area contributed by atoms with Crippen LogP contribution in [0.1, 0.15) is 46.0 Å². The number of para-hydroxylation sites is 1. The molecule has 0 aromatic heterocycles. The molecule has 0 spiro atoms. The van der Waals surface area contributed by atoms with Gasteiger partial charge in [0.1, 0.15) is 5.78 Å². The molecular formula is C21H29N3OS. The smallest absolute Gasteiger partial charge is 0.173 e. The summed E-state index contributed by atoms with van der Waals surface area (Å²) in [5.41, 5.74) is 2.22. The Morgan fingerprint density at radius 2 is 1.92 bits per heavy atom. The van der Waals surface area contributed by atoms with Crippen LogP contribution in [0.15, 0.2) is 35.3 Å². The second-order valence-electron chi connectivity index (χ2n) is 8.37. The van der Waals surface area contributed by atoms with E-state index >= 15 is 0 Å². The van der Waals surface area contributed by atoms with Gasteiger partial charge in [0.25, 0.3) is 0 Å². The minimum absolute atomic E-state index is 0.0762. The molecule has 2 aliphatic rings. The van der Waals surface area contributed by atoms with Crippen LogP contribution in [-0.4, -0.2) is 41.1 Å².